The zero-order valence-electron chi connectivity index (χ0n) is 17.7. The SMILES string of the molecule is COc1ccc(C(=O)n2cc(-c3ccc(OC)cc3)c(-c3ccc(OC)cc3)c2)cc1. The van der Waals surface area contributed by atoms with Gasteiger partial charge in [-0.3, -0.25) is 9.36 Å². The van der Waals surface area contributed by atoms with Crippen LogP contribution in [0.5, 0.6) is 17.2 Å². The molecule has 0 fully saturated rings. The van der Waals surface area contributed by atoms with Gasteiger partial charge >= 0.3 is 0 Å². The summed E-state index contributed by atoms with van der Waals surface area (Å²) in [5.41, 5.74) is 4.48. The van der Waals surface area contributed by atoms with Crippen molar-refractivity contribution < 1.29 is 19.0 Å². The molecule has 4 rings (SSSR count). The first-order valence-electron chi connectivity index (χ1n) is 9.82. The third-order valence-electron chi connectivity index (χ3n) is 5.20. The lowest BCUT2D eigenvalue weighted by Gasteiger charge is -2.07. The summed E-state index contributed by atoms with van der Waals surface area (Å²) in [6.45, 7) is 0. The maximum atomic E-state index is 13.2. The van der Waals surface area contributed by atoms with Gasteiger partial charge in [0.2, 0.25) is 0 Å². The second kappa shape index (κ2) is 8.79. The Morgan fingerprint density at radius 1 is 0.581 bits per heavy atom. The van der Waals surface area contributed by atoms with Crippen LogP contribution in [0.2, 0.25) is 0 Å². The van der Waals surface area contributed by atoms with Gasteiger partial charge in [-0.2, -0.15) is 0 Å². The molecule has 0 radical (unpaired) electrons. The summed E-state index contributed by atoms with van der Waals surface area (Å²) in [6, 6.07) is 22.7. The van der Waals surface area contributed by atoms with Crippen molar-refractivity contribution in [1.29, 1.82) is 0 Å². The van der Waals surface area contributed by atoms with E-state index in [1.54, 1.807) is 50.2 Å². The van der Waals surface area contributed by atoms with E-state index in [1.165, 1.54) is 0 Å². The molecule has 5 heteroatoms. The average molecular weight is 413 g/mol. The van der Waals surface area contributed by atoms with Crippen LogP contribution in [0.1, 0.15) is 10.4 Å². The van der Waals surface area contributed by atoms with Crippen molar-refractivity contribution in [3.8, 4) is 39.5 Å². The molecule has 0 aliphatic rings. The molecule has 0 N–H and O–H groups in total. The Morgan fingerprint density at radius 3 is 1.29 bits per heavy atom. The summed E-state index contributed by atoms with van der Waals surface area (Å²) in [4.78, 5) is 13.2. The number of aromatic nitrogens is 1. The Morgan fingerprint density at radius 2 is 0.935 bits per heavy atom. The summed E-state index contributed by atoms with van der Waals surface area (Å²) < 4.78 is 17.4. The van der Waals surface area contributed by atoms with Gasteiger partial charge in [0.15, 0.2) is 0 Å². The fourth-order valence-electron chi connectivity index (χ4n) is 3.46. The standard InChI is InChI=1S/C26H23NO4/c1-29-21-10-4-18(5-11-21)24-16-27(26(28)20-8-14-23(31-3)15-9-20)17-25(24)19-6-12-22(30-2)13-7-19/h4-17H,1-3H3. The number of nitrogens with zero attached hydrogens (tertiary/aromatic N) is 1. The first-order valence-corrected chi connectivity index (χ1v) is 9.82. The number of rotatable bonds is 6. The summed E-state index contributed by atoms with van der Waals surface area (Å²) in [7, 11) is 4.88. The van der Waals surface area contributed by atoms with Gasteiger partial charge in [-0.1, -0.05) is 24.3 Å². The van der Waals surface area contributed by atoms with Crippen LogP contribution >= 0.6 is 0 Å². The Kier molecular flexibility index (Phi) is 5.76. The zero-order valence-corrected chi connectivity index (χ0v) is 17.7. The van der Waals surface area contributed by atoms with Crippen LogP contribution in [-0.4, -0.2) is 31.8 Å². The number of hydrogen-bond acceptors (Lipinski definition) is 4. The van der Waals surface area contributed by atoms with Gasteiger partial charge in [0.05, 0.1) is 21.3 Å². The second-order valence-corrected chi connectivity index (χ2v) is 6.98. The lowest BCUT2D eigenvalue weighted by atomic mass is 9.99. The minimum atomic E-state index is -0.114. The molecule has 0 saturated carbocycles. The van der Waals surface area contributed by atoms with E-state index >= 15 is 0 Å². The highest BCUT2D eigenvalue weighted by atomic mass is 16.5. The number of carbonyl (C=O) groups excluding carboxylic acids is 1. The van der Waals surface area contributed by atoms with Crippen LogP contribution in [-0.2, 0) is 0 Å². The van der Waals surface area contributed by atoms with Crippen molar-refractivity contribution in [3.63, 3.8) is 0 Å². The lowest BCUT2D eigenvalue weighted by Crippen LogP contribution is -2.09. The average Bonchev–Trinajstić information content (AvgIpc) is 3.29. The van der Waals surface area contributed by atoms with Gasteiger partial charge in [-0.15, -0.1) is 0 Å². The largest absolute Gasteiger partial charge is 0.497 e. The molecule has 0 saturated heterocycles. The van der Waals surface area contributed by atoms with Crippen molar-refractivity contribution in [3.05, 3.63) is 90.8 Å². The molecule has 1 heterocycles. The highest BCUT2D eigenvalue weighted by Gasteiger charge is 2.16. The molecule has 3 aromatic carbocycles. The molecule has 0 aliphatic carbocycles. The summed E-state index contributed by atoms with van der Waals surface area (Å²) in [5, 5.41) is 0. The van der Waals surface area contributed by atoms with E-state index in [-0.39, 0.29) is 5.91 Å². The first-order chi connectivity index (χ1) is 15.1. The molecule has 0 spiro atoms. The lowest BCUT2D eigenvalue weighted by molar-refractivity contribution is 0.0960. The van der Waals surface area contributed by atoms with Gasteiger partial charge in [0.1, 0.15) is 17.2 Å². The van der Waals surface area contributed by atoms with Crippen molar-refractivity contribution >= 4 is 5.91 Å². The van der Waals surface area contributed by atoms with E-state index in [9.17, 15) is 4.79 Å². The number of benzene rings is 3. The summed E-state index contributed by atoms with van der Waals surface area (Å²) in [6.07, 6.45) is 3.74. The maximum absolute atomic E-state index is 13.2. The van der Waals surface area contributed by atoms with E-state index in [2.05, 4.69) is 0 Å². The van der Waals surface area contributed by atoms with Crippen molar-refractivity contribution in [2.24, 2.45) is 0 Å². The number of methoxy groups -OCH3 is 3. The fraction of sp³-hybridized carbons (Fsp3) is 0.115. The van der Waals surface area contributed by atoms with Crippen LogP contribution in [0.4, 0.5) is 0 Å². The van der Waals surface area contributed by atoms with Crippen LogP contribution in [0.3, 0.4) is 0 Å². The van der Waals surface area contributed by atoms with Crippen LogP contribution < -0.4 is 14.2 Å². The quantitative estimate of drug-likeness (QED) is 0.417. The third-order valence-corrected chi connectivity index (χ3v) is 5.20. The third kappa shape index (κ3) is 4.16. The highest BCUT2D eigenvalue weighted by molar-refractivity contribution is 5.98. The van der Waals surface area contributed by atoms with Gasteiger partial charge in [-0.25, -0.2) is 0 Å². The number of carbonyl (C=O) groups is 1. The molecule has 0 bridgehead atoms. The van der Waals surface area contributed by atoms with Gasteiger partial charge in [-0.05, 0) is 59.7 Å². The monoisotopic (exact) mass is 413 g/mol. The van der Waals surface area contributed by atoms with Crippen molar-refractivity contribution in [2.45, 2.75) is 0 Å². The molecule has 1 aromatic heterocycles. The van der Waals surface area contributed by atoms with E-state index < -0.39 is 0 Å². The minimum absolute atomic E-state index is 0.114. The number of hydrogen-bond donors (Lipinski definition) is 0. The predicted octanol–water partition coefficient (Wildman–Crippen LogP) is 5.54. The molecular formula is C26H23NO4. The highest BCUT2D eigenvalue weighted by Crippen LogP contribution is 2.35. The molecule has 0 unspecified atom stereocenters. The van der Waals surface area contributed by atoms with Crippen LogP contribution in [0.25, 0.3) is 22.3 Å². The van der Waals surface area contributed by atoms with Crippen LogP contribution in [0.15, 0.2) is 85.2 Å². The van der Waals surface area contributed by atoms with Crippen molar-refractivity contribution in [2.75, 3.05) is 21.3 Å². The summed E-state index contributed by atoms with van der Waals surface area (Å²) in [5.74, 6) is 2.16. The molecule has 5 nitrogen and oxygen atoms in total. The van der Waals surface area contributed by atoms with Gasteiger partial charge < -0.3 is 14.2 Å². The minimum Gasteiger partial charge on any atom is -0.497 e. The Hall–Kier alpha value is -3.99. The Bertz CT molecular complexity index is 1110. The Balaban J connectivity index is 1.79. The maximum Gasteiger partial charge on any atom is 0.261 e. The second-order valence-electron chi connectivity index (χ2n) is 6.98. The molecule has 31 heavy (non-hydrogen) atoms. The Labute approximate surface area is 181 Å². The summed E-state index contributed by atoms with van der Waals surface area (Å²) >= 11 is 0. The van der Waals surface area contributed by atoms with Gasteiger partial charge in [0, 0.05) is 29.1 Å². The predicted molar refractivity (Wildman–Crippen MR) is 121 cm³/mol. The molecule has 156 valence electrons. The van der Waals surface area contributed by atoms with E-state index in [0.717, 1.165) is 33.8 Å². The molecule has 0 amide bonds. The van der Waals surface area contributed by atoms with E-state index in [1.807, 2.05) is 60.9 Å². The first kappa shape index (κ1) is 20.3. The smallest absolute Gasteiger partial charge is 0.261 e. The molecule has 4 aromatic rings. The van der Waals surface area contributed by atoms with E-state index in [4.69, 9.17) is 14.2 Å². The molecule has 0 atom stereocenters. The van der Waals surface area contributed by atoms with E-state index in [0.29, 0.717) is 11.3 Å². The van der Waals surface area contributed by atoms with Crippen molar-refractivity contribution in [1.82, 2.24) is 4.57 Å². The topological polar surface area (TPSA) is 49.7 Å². The molecule has 0 aliphatic heterocycles. The fourth-order valence-corrected chi connectivity index (χ4v) is 3.46. The van der Waals surface area contributed by atoms with Crippen LogP contribution in [0, 0.1) is 0 Å². The number of ether oxygens (including phenoxy) is 3. The zero-order chi connectivity index (χ0) is 21.8. The molecular weight excluding hydrogens is 390 g/mol. The normalized spacial score (nSPS) is 10.5. The van der Waals surface area contributed by atoms with Gasteiger partial charge in [0.25, 0.3) is 5.91 Å².